The highest BCUT2D eigenvalue weighted by atomic mass is 35.5. The topological polar surface area (TPSA) is 78.5 Å². The molecular formula is C16H16ClFN6. The van der Waals surface area contributed by atoms with Gasteiger partial charge in [-0.05, 0) is 44.1 Å². The third kappa shape index (κ3) is 2.92. The summed E-state index contributed by atoms with van der Waals surface area (Å²) in [4.78, 5) is 8.76. The van der Waals surface area contributed by atoms with Gasteiger partial charge in [-0.25, -0.2) is 14.4 Å². The maximum atomic E-state index is 13.6. The smallest absolute Gasteiger partial charge is 0.223 e. The number of benzene rings is 1. The summed E-state index contributed by atoms with van der Waals surface area (Å²) in [6.45, 7) is 1.95. The molecule has 0 bridgehead atoms. The number of rotatable bonds is 3. The number of nitrogens with zero attached hydrogens (tertiary/aromatic N) is 3. The minimum absolute atomic E-state index is 0.327. The van der Waals surface area contributed by atoms with Crippen molar-refractivity contribution in [1.82, 2.24) is 25.5 Å². The van der Waals surface area contributed by atoms with E-state index in [0.717, 1.165) is 31.4 Å². The Morgan fingerprint density at radius 3 is 2.88 bits per heavy atom. The van der Waals surface area contributed by atoms with E-state index < -0.39 is 0 Å². The normalized spacial score (nSPS) is 15.8. The van der Waals surface area contributed by atoms with E-state index in [9.17, 15) is 4.39 Å². The van der Waals surface area contributed by atoms with E-state index >= 15 is 0 Å². The predicted molar refractivity (Wildman–Crippen MR) is 91.6 cm³/mol. The molecule has 0 aliphatic carbocycles. The molecule has 6 nitrogen and oxygen atoms in total. The Hall–Kier alpha value is -2.25. The maximum absolute atomic E-state index is 13.6. The van der Waals surface area contributed by atoms with Crippen molar-refractivity contribution in [3.8, 4) is 11.4 Å². The van der Waals surface area contributed by atoms with Crippen LogP contribution in [0, 0.1) is 5.82 Å². The number of fused-ring (bicyclic) bond motifs is 1. The van der Waals surface area contributed by atoms with Crippen molar-refractivity contribution in [3.63, 3.8) is 0 Å². The van der Waals surface area contributed by atoms with Crippen molar-refractivity contribution in [1.29, 1.82) is 0 Å². The van der Waals surface area contributed by atoms with Gasteiger partial charge in [0.05, 0.1) is 16.7 Å². The van der Waals surface area contributed by atoms with E-state index in [1.165, 1.54) is 12.1 Å². The fraction of sp³-hybridized carbons (Fsp3) is 0.312. The molecule has 0 spiro atoms. The Kier molecular flexibility index (Phi) is 4.03. The molecule has 8 heteroatoms. The van der Waals surface area contributed by atoms with Crippen LogP contribution in [0.15, 0.2) is 24.4 Å². The van der Waals surface area contributed by atoms with Gasteiger partial charge >= 0.3 is 0 Å². The molecule has 4 rings (SSSR count). The highest BCUT2D eigenvalue weighted by Crippen LogP contribution is 2.31. The Morgan fingerprint density at radius 2 is 2.04 bits per heavy atom. The van der Waals surface area contributed by atoms with E-state index in [1.807, 2.05) is 0 Å². The van der Waals surface area contributed by atoms with Crippen LogP contribution in [0.5, 0.6) is 0 Å². The molecule has 0 amide bonds. The minimum Gasteiger partial charge on any atom is -0.351 e. The summed E-state index contributed by atoms with van der Waals surface area (Å²) in [5, 5.41) is 14.8. The number of hydrogen-bond acceptors (Lipinski definition) is 5. The van der Waals surface area contributed by atoms with Crippen molar-refractivity contribution < 1.29 is 4.39 Å². The fourth-order valence-electron chi connectivity index (χ4n) is 2.92. The van der Waals surface area contributed by atoms with Crippen molar-refractivity contribution in [2.75, 3.05) is 18.4 Å². The van der Waals surface area contributed by atoms with Gasteiger partial charge in [0, 0.05) is 11.4 Å². The highest BCUT2D eigenvalue weighted by Gasteiger charge is 2.18. The van der Waals surface area contributed by atoms with Crippen LogP contribution in [-0.4, -0.2) is 39.3 Å². The SMILES string of the molecule is Fc1ccc2[nH]nc(-c3nc(NC4CCNCC4)ncc3Cl)c2c1. The van der Waals surface area contributed by atoms with E-state index in [0.29, 0.717) is 33.8 Å². The first-order valence-corrected chi connectivity index (χ1v) is 8.22. The molecule has 1 saturated heterocycles. The van der Waals surface area contributed by atoms with Crippen LogP contribution in [0.2, 0.25) is 5.02 Å². The van der Waals surface area contributed by atoms with Gasteiger partial charge in [-0.1, -0.05) is 11.6 Å². The molecule has 24 heavy (non-hydrogen) atoms. The van der Waals surface area contributed by atoms with E-state index in [-0.39, 0.29) is 5.82 Å². The lowest BCUT2D eigenvalue weighted by atomic mass is 10.1. The van der Waals surface area contributed by atoms with E-state index in [2.05, 4.69) is 30.8 Å². The number of H-pyrrole nitrogens is 1. The number of nitrogens with one attached hydrogen (secondary N) is 3. The zero-order valence-electron chi connectivity index (χ0n) is 12.8. The quantitative estimate of drug-likeness (QED) is 0.679. The molecule has 0 radical (unpaired) electrons. The molecule has 1 fully saturated rings. The molecule has 1 aliphatic heterocycles. The Labute approximate surface area is 142 Å². The summed E-state index contributed by atoms with van der Waals surface area (Å²) in [7, 11) is 0. The Bertz CT molecular complexity index is 874. The molecule has 0 unspecified atom stereocenters. The number of piperidine rings is 1. The van der Waals surface area contributed by atoms with Gasteiger partial charge < -0.3 is 10.6 Å². The highest BCUT2D eigenvalue weighted by molar-refractivity contribution is 6.33. The Morgan fingerprint density at radius 1 is 1.21 bits per heavy atom. The zero-order chi connectivity index (χ0) is 16.5. The largest absolute Gasteiger partial charge is 0.351 e. The van der Waals surface area contributed by atoms with Crippen LogP contribution in [0.1, 0.15) is 12.8 Å². The van der Waals surface area contributed by atoms with Crippen molar-refractivity contribution in [3.05, 3.63) is 35.2 Å². The van der Waals surface area contributed by atoms with Gasteiger partial charge in [0.15, 0.2) is 0 Å². The fourth-order valence-corrected chi connectivity index (χ4v) is 3.10. The molecule has 124 valence electrons. The first-order valence-electron chi connectivity index (χ1n) is 7.84. The summed E-state index contributed by atoms with van der Waals surface area (Å²) >= 11 is 6.26. The number of hydrogen-bond donors (Lipinski definition) is 3. The number of aromatic amines is 1. The summed E-state index contributed by atoms with van der Waals surface area (Å²) in [6.07, 6.45) is 3.57. The average Bonchev–Trinajstić information content (AvgIpc) is 3.00. The van der Waals surface area contributed by atoms with Crippen LogP contribution in [0.3, 0.4) is 0 Å². The van der Waals surface area contributed by atoms with Gasteiger partial charge in [0.1, 0.15) is 17.2 Å². The molecule has 1 aliphatic rings. The van der Waals surface area contributed by atoms with Crippen molar-refractivity contribution in [2.24, 2.45) is 0 Å². The first-order chi connectivity index (χ1) is 11.7. The van der Waals surface area contributed by atoms with E-state index in [1.54, 1.807) is 12.3 Å². The molecule has 2 aromatic heterocycles. The third-order valence-corrected chi connectivity index (χ3v) is 4.44. The lowest BCUT2D eigenvalue weighted by Gasteiger charge is -2.23. The standard InChI is InChI=1S/C16H16ClFN6/c17-12-8-20-16(21-10-3-5-19-6-4-10)22-15(12)14-11-7-9(18)1-2-13(11)23-24-14/h1-2,7-8,10,19H,3-6H2,(H,23,24)(H,20,21,22). The summed E-state index contributed by atoms with van der Waals surface area (Å²) in [6, 6.07) is 4.78. The number of aromatic nitrogens is 4. The van der Waals surface area contributed by atoms with Crippen molar-refractivity contribution in [2.45, 2.75) is 18.9 Å². The van der Waals surface area contributed by atoms with Crippen LogP contribution in [-0.2, 0) is 0 Å². The van der Waals surface area contributed by atoms with Gasteiger partial charge in [0.2, 0.25) is 5.95 Å². The summed E-state index contributed by atoms with van der Waals surface area (Å²) in [5.74, 6) is 0.178. The monoisotopic (exact) mass is 346 g/mol. The zero-order valence-corrected chi connectivity index (χ0v) is 13.6. The Balaban J connectivity index is 1.71. The molecular weight excluding hydrogens is 331 g/mol. The van der Waals surface area contributed by atoms with Gasteiger partial charge in [-0.2, -0.15) is 5.10 Å². The summed E-state index contributed by atoms with van der Waals surface area (Å²) in [5.41, 5.74) is 1.74. The first kappa shape index (κ1) is 15.3. The van der Waals surface area contributed by atoms with Crippen LogP contribution < -0.4 is 10.6 Å². The van der Waals surface area contributed by atoms with Gasteiger partial charge in [-0.3, -0.25) is 5.10 Å². The second-order valence-electron chi connectivity index (χ2n) is 5.82. The van der Waals surface area contributed by atoms with Crippen LogP contribution >= 0.6 is 11.6 Å². The molecule has 3 N–H and O–H groups in total. The van der Waals surface area contributed by atoms with Gasteiger partial charge in [-0.15, -0.1) is 0 Å². The predicted octanol–water partition coefficient (Wildman–Crippen LogP) is 2.98. The molecule has 0 atom stereocenters. The minimum atomic E-state index is -0.330. The second kappa shape index (κ2) is 6.33. The molecule has 3 aromatic rings. The molecule has 1 aromatic carbocycles. The second-order valence-corrected chi connectivity index (χ2v) is 6.23. The number of anilines is 1. The lowest BCUT2D eigenvalue weighted by Crippen LogP contribution is -2.35. The average molecular weight is 347 g/mol. The summed E-state index contributed by atoms with van der Waals surface area (Å²) < 4.78 is 13.6. The van der Waals surface area contributed by atoms with Crippen LogP contribution in [0.25, 0.3) is 22.3 Å². The van der Waals surface area contributed by atoms with Crippen molar-refractivity contribution >= 4 is 28.5 Å². The lowest BCUT2D eigenvalue weighted by molar-refractivity contribution is 0.477. The van der Waals surface area contributed by atoms with Crippen LogP contribution in [0.4, 0.5) is 10.3 Å². The molecule has 3 heterocycles. The number of halogens is 2. The third-order valence-electron chi connectivity index (χ3n) is 4.17. The van der Waals surface area contributed by atoms with Gasteiger partial charge in [0.25, 0.3) is 0 Å². The van der Waals surface area contributed by atoms with E-state index in [4.69, 9.17) is 11.6 Å². The molecule has 0 saturated carbocycles. The maximum Gasteiger partial charge on any atom is 0.223 e.